The van der Waals surface area contributed by atoms with Crippen molar-refractivity contribution in [3.63, 3.8) is 0 Å². The van der Waals surface area contributed by atoms with Gasteiger partial charge in [-0.05, 0) is 25.4 Å². The van der Waals surface area contributed by atoms with Crippen molar-refractivity contribution < 1.29 is 9.84 Å². The summed E-state index contributed by atoms with van der Waals surface area (Å²) in [5.41, 5.74) is 0.270. The predicted molar refractivity (Wildman–Crippen MR) is 76.9 cm³/mol. The number of hydrogen-bond acceptors (Lipinski definition) is 4. The molecule has 0 amide bonds. The lowest BCUT2D eigenvalue weighted by Crippen LogP contribution is -2.43. The molecule has 110 valence electrons. The van der Waals surface area contributed by atoms with Gasteiger partial charge in [-0.2, -0.15) is 0 Å². The summed E-state index contributed by atoms with van der Waals surface area (Å²) in [6.07, 6.45) is 1.99. The SMILES string of the molecule is CCCC(C)(CNCC)CN(C)CC(O)COC. The van der Waals surface area contributed by atoms with E-state index < -0.39 is 6.10 Å². The number of nitrogens with zero attached hydrogens (tertiary/aromatic N) is 1. The van der Waals surface area contributed by atoms with Gasteiger partial charge in [-0.25, -0.2) is 0 Å². The molecule has 0 bridgehead atoms. The Morgan fingerprint density at radius 3 is 2.56 bits per heavy atom. The van der Waals surface area contributed by atoms with Gasteiger partial charge < -0.3 is 20.1 Å². The van der Waals surface area contributed by atoms with Crippen LogP contribution in [0.3, 0.4) is 0 Å². The molecule has 0 saturated carbocycles. The van der Waals surface area contributed by atoms with E-state index in [0.717, 1.165) is 19.6 Å². The molecule has 2 unspecified atom stereocenters. The molecule has 4 heteroatoms. The second-order valence-electron chi connectivity index (χ2n) is 5.65. The number of likely N-dealkylation sites (N-methyl/N-ethyl adjacent to an activating group) is 1. The maximum Gasteiger partial charge on any atom is 0.0899 e. The zero-order chi connectivity index (χ0) is 14.0. The van der Waals surface area contributed by atoms with Gasteiger partial charge in [0.05, 0.1) is 12.7 Å². The van der Waals surface area contributed by atoms with Crippen LogP contribution in [0.25, 0.3) is 0 Å². The molecule has 0 aromatic heterocycles. The highest BCUT2D eigenvalue weighted by Gasteiger charge is 2.25. The molecule has 0 aromatic rings. The van der Waals surface area contributed by atoms with Crippen LogP contribution in [-0.2, 0) is 4.74 Å². The average Bonchev–Trinajstić information content (AvgIpc) is 2.26. The van der Waals surface area contributed by atoms with Crippen LogP contribution in [0.2, 0.25) is 0 Å². The number of aliphatic hydroxyl groups is 1. The maximum atomic E-state index is 9.74. The number of aliphatic hydroxyl groups excluding tert-OH is 1. The second-order valence-corrected chi connectivity index (χ2v) is 5.65. The van der Waals surface area contributed by atoms with Gasteiger partial charge in [-0.1, -0.05) is 27.2 Å². The fourth-order valence-corrected chi connectivity index (χ4v) is 2.57. The van der Waals surface area contributed by atoms with Gasteiger partial charge in [0.2, 0.25) is 0 Å². The molecule has 4 nitrogen and oxygen atoms in total. The van der Waals surface area contributed by atoms with Crippen molar-refractivity contribution in [1.29, 1.82) is 0 Å². The highest BCUT2D eigenvalue weighted by Crippen LogP contribution is 2.23. The summed E-state index contributed by atoms with van der Waals surface area (Å²) in [5, 5.41) is 13.2. The van der Waals surface area contributed by atoms with Crippen molar-refractivity contribution >= 4 is 0 Å². The van der Waals surface area contributed by atoms with Crippen LogP contribution in [-0.4, -0.2) is 63.1 Å². The highest BCUT2D eigenvalue weighted by atomic mass is 16.5. The van der Waals surface area contributed by atoms with Crippen LogP contribution < -0.4 is 5.32 Å². The van der Waals surface area contributed by atoms with Crippen LogP contribution in [0.5, 0.6) is 0 Å². The van der Waals surface area contributed by atoms with Gasteiger partial charge in [0.25, 0.3) is 0 Å². The minimum absolute atomic E-state index is 0.270. The van der Waals surface area contributed by atoms with Gasteiger partial charge in [0, 0.05) is 26.7 Å². The van der Waals surface area contributed by atoms with Crippen molar-refractivity contribution in [2.24, 2.45) is 5.41 Å². The number of nitrogens with one attached hydrogen (secondary N) is 1. The van der Waals surface area contributed by atoms with Gasteiger partial charge in [-0.3, -0.25) is 0 Å². The van der Waals surface area contributed by atoms with E-state index in [9.17, 15) is 5.11 Å². The molecule has 18 heavy (non-hydrogen) atoms. The Morgan fingerprint density at radius 1 is 1.39 bits per heavy atom. The number of methoxy groups -OCH3 is 1. The quantitative estimate of drug-likeness (QED) is 0.588. The summed E-state index contributed by atoms with van der Waals surface area (Å²) in [6, 6.07) is 0. The molecule has 0 aliphatic heterocycles. The molecule has 0 aliphatic carbocycles. The van der Waals surface area contributed by atoms with Crippen LogP contribution in [0, 0.1) is 5.41 Å². The van der Waals surface area contributed by atoms with Crippen molar-refractivity contribution in [1.82, 2.24) is 10.2 Å². The fraction of sp³-hybridized carbons (Fsp3) is 1.00. The van der Waals surface area contributed by atoms with Crippen LogP contribution in [0.4, 0.5) is 0 Å². The lowest BCUT2D eigenvalue weighted by Gasteiger charge is -2.34. The minimum atomic E-state index is -0.398. The Balaban J connectivity index is 4.20. The maximum absolute atomic E-state index is 9.74. The Hall–Kier alpha value is -0.160. The Morgan fingerprint density at radius 2 is 2.06 bits per heavy atom. The highest BCUT2D eigenvalue weighted by molar-refractivity contribution is 4.80. The molecule has 0 heterocycles. The lowest BCUT2D eigenvalue weighted by molar-refractivity contribution is 0.0338. The van der Waals surface area contributed by atoms with Crippen LogP contribution >= 0.6 is 0 Å². The standard InChI is InChI=1S/C14H32N2O2/c1-6-8-14(3,11-15-7-2)12-16(4)9-13(17)10-18-5/h13,15,17H,6-12H2,1-5H3. The van der Waals surface area contributed by atoms with Crippen LogP contribution in [0.15, 0.2) is 0 Å². The van der Waals surface area contributed by atoms with E-state index in [4.69, 9.17) is 4.74 Å². The Bertz CT molecular complexity index is 202. The summed E-state index contributed by atoms with van der Waals surface area (Å²) >= 11 is 0. The van der Waals surface area contributed by atoms with E-state index in [1.54, 1.807) is 7.11 Å². The van der Waals surface area contributed by atoms with Gasteiger partial charge >= 0.3 is 0 Å². The summed E-state index contributed by atoms with van der Waals surface area (Å²) in [7, 11) is 3.69. The number of rotatable bonds is 11. The van der Waals surface area contributed by atoms with Gasteiger partial charge in [0.1, 0.15) is 0 Å². The molecule has 2 atom stereocenters. The molecule has 0 radical (unpaired) electrons. The van der Waals surface area contributed by atoms with E-state index in [1.165, 1.54) is 12.8 Å². The summed E-state index contributed by atoms with van der Waals surface area (Å²) in [4.78, 5) is 2.21. The second kappa shape index (κ2) is 9.73. The Kier molecular flexibility index (Phi) is 9.64. The zero-order valence-corrected chi connectivity index (χ0v) is 12.8. The van der Waals surface area contributed by atoms with Crippen molar-refractivity contribution in [3.8, 4) is 0 Å². The average molecular weight is 260 g/mol. The Labute approximate surface area is 113 Å². The fourth-order valence-electron chi connectivity index (χ4n) is 2.57. The van der Waals surface area contributed by atoms with E-state index in [0.29, 0.717) is 13.2 Å². The molecular weight excluding hydrogens is 228 g/mol. The molecule has 2 N–H and O–H groups in total. The van der Waals surface area contributed by atoms with Gasteiger partial charge in [0.15, 0.2) is 0 Å². The zero-order valence-electron chi connectivity index (χ0n) is 12.8. The normalized spacial score (nSPS) is 16.8. The third-order valence-corrected chi connectivity index (χ3v) is 3.19. The largest absolute Gasteiger partial charge is 0.389 e. The van der Waals surface area contributed by atoms with Crippen molar-refractivity contribution in [3.05, 3.63) is 0 Å². The molecular formula is C14H32N2O2. The molecule has 0 aromatic carbocycles. The third kappa shape index (κ3) is 8.03. The minimum Gasteiger partial charge on any atom is -0.389 e. The van der Waals surface area contributed by atoms with E-state index in [2.05, 4.69) is 38.0 Å². The molecule has 0 spiro atoms. The summed E-state index contributed by atoms with van der Waals surface area (Å²) in [5.74, 6) is 0. The summed E-state index contributed by atoms with van der Waals surface area (Å²) < 4.78 is 4.96. The van der Waals surface area contributed by atoms with Gasteiger partial charge in [-0.15, -0.1) is 0 Å². The smallest absolute Gasteiger partial charge is 0.0899 e. The molecule has 0 fully saturated rings. The van der Waals surface area contributed by atoms with Crippen LogP contribution in [0.1, 0.15) is 33.6 Å². The first-order chi connectivity index (χ1) is 8.47. The monoisotopic (exact) mass is 260 g/mol. The molecule has 0 saturated heterocycles. The first-order valence-corrected chi connectivity index (χ1v) is 7.03. The predicted octanol–water partition coefficient (Wildman–Crippen LogP) is 1.34. The first-order valence-electron chi connectivity index (χ1n) is 7.03. The molecule has 0 rings (SSSR count). The van der Waals surface area contributed by atoms with Crippen molar-refractivity contribution in [2.45, 2.75) is 39.7 Å². The first kappa shape index (κ1) is 17.8. The third-order valence-electron chi connectivity index (χ3n) is 3.19. The van der Waals surface area contributed by atoms with Crippen molar-refractivity contribution in [2.75, 3.05) is 46.9 Å². The number of hydrogen-bond donors (Lipinski definition) is 2. The summed E-state index contributed by atoms with van der Waals surface area (Å²) in [6.45, 7) is 10.8. The van der Waals surface area contributed by atoms with E-state index in [-0.39, 0.29) is 5.41 Å². The number of ether oxygens (including phenoxy) is 1. The van der Waals surface area contributed by atoms with E-state index in [1.807, 2.05) is 0 Å². The van der Waals surface area contributed by atoms with E-state index >= 15 is 0 Å². The lowest BCUT2D eigenvalue weighted by atomic mass is 9.85. The topological polar surface area (TPSA) is 44.7 Å². The molecule has 0 aliphatic rings.